The summed E-state index contributed by atoms with van der Waals surface area (Å²) >= 11 is 0. The second-order valence-corrected chi connectivity index (χ2v) is 9.40. The van der Waals surface area contributed by atoms with Gasteiger partial charge in [-0.25, -0.2) is 8.42 Å². The Kier molecular flexibility index (Phi) is 4.94. The van der Waals surface area contributed by atoms with Crippen LogP contribution in [0, 0.1) is 17.8 Å². The van der Waals surface area contributed by atoms with Crippen molar-refractivity contribution in [2.45, 2.75) is 44.6 Å². The number of hydrogen-bond donors (Lipinski definition) is 1. The molecule has 134 valence electrons. The van der Waals surface area contributed by atoms with Gasteiger partial charge in [0.05, 0.1) is 17.4 Å². The van der Waals surface area contributed by atoms with E-state index in [9.17, 15) is 22.8 Å². The average molecular weight is 357 g/mol. The van der Waals surface area contributed by atoms with Crippen LogP contribution < -0.4 is 5.32 Å². The number of carbonyl (C=O) groups excluding carboxylic acids is 3. The summed E-state index contributed by atoms with van der Waals surface area (Å²) in [6, 6.07) is -0.395. The number of amides is 1. The summed E-state index contributed by atoms with van der Waals surface area (Å²) in [5.41, 5.74) is 0. The molecule has 8 heteroatoms. The van der Waals surface area contributed by atoms with Crippen molar-refractivity contribution < 1.29 is 27.5 Å². The molecule has 1 amide bonds. The molecule has 2 bridgehead atoms. The van der Waals surface area contributed by atoms with Gasteiger partial charge < -0.3 is 10.1 Å². The van der Waals surface area contributed by atoms with Crippen LogP contribution in [0.5, 0.6) is 0 Å². The lowest BCUT2D eigenvalue weighted by atomic mass is 9.67. The minimum atomic E-state index is -3.06. The van der Waals surface area contributed by atoms with Crippen LogP contribution in [0.4, 0.5) is 0 Å². The van der Waals surface area contributed by atoms with E-state index in [1.165, 1.54) is 0 Å². The van der Waals surface area contributed by atoms with Gasteiger partial charge in [-0.05, 0) is 32.1 Å². The maximum absolute atomic E-state index is 12.2. The molecule has 24 heavy (non-hydrogen) atoms. The molecular formula is C16H23NO6S. The number of fused-ring (bicyclic) bond motifs is 2. The van der Waals surface area contributed by atoms with E-state index in [2.05, 4.69) is 5.32 Å². The standard InChI is InChI=1S/C16H23NO6S/c18-14(17-13-4-5-24(21,22)9-13)8-23-16(20)12-6-10-2-1-3-11(7-12)15(10)19/h10-13H,1-9H2,(H,17,18). The van der Waals surface area contributed by atoms with Gasteiger partial charge in [0.2, 0.25) is 0 Å². The zero-order valence-corrected chi connectivity index (χ0v) is 14.3. The molecule has 1 heterocycles. The summed E-state index contributed by atoms with van der Waals surface area (Å²) in [4.78, 5) is 36.0. The molecule has 0 spiro atoms. The van der Waals surface area contributed by atoms with E-state index >= 15 is 0 Å². The van der Waals surface area contributed by atoms with Crippen LogP contribution in [0.15, 0.2) is 0 Å². The highest BCUT2D eigenvalue weighted by molar-refractivity contribution is 7.91. The third-order valence-corrected chi connectivity index (χ3v) is 7.09. The Balaban J connectivity index is 1.44. The van der Waals surface area contributed by atoms with Gasteiger partial charge in [-0.3, -0.25) is 14.4 Å². The first kappa shape index (κ1) is 17.4. The summed E-state index contributed by atoms with van der Waals surface area (Å²) < 4.78 is 27.8. The minimum Gasteiger partial charge on any atom is -0.455 e. The maximum atomic E-state index is 12.2. The molecule has 3 rings (SSSR count). The Morgan fingerprint density at radius 1 is 1.12 bits per heavy atom. The Hall–Kier alpha value is -1.44. The fourth-order valence-corrected chi connectivity index (χ4v) is 5.78. The van der Waals surface area contributed by atoms with Crippen molar-refractivity contribution in [3.8, 4) is 0 Å². The highest BCUT2D eigenvalue weighted by atomic mass is 32.2. The van der Waals surface area contributed by atoms with Crippen LogP contribution >= 0.6 is 0 Å². The molecule has 0 aromatic carbocycles. The van der Waals surface area contributed by atoms with Gasteiger partial charge in [0, 0.05) is 17.9 Å². The number of carbonyl (C=O) groups is 3. The van der Waals surface area contributed by atoms with Crippen molar-refractivity contribution in [1.82, 2.24) is 5.32 Å². The van der Waals surface area contributed by atoms with Gasteiger partial charge in [0.25, 0.3) is 5.91 Å². The van der Waals surface area contributed by atoms with E-state index in [0.29, 0.717) is 19.3 Å². The third-order valence-electron chi connectivity index (χ3n) is 5.32. The number of esters is 1. The first-order chi connectivity index (χ1) is 11.3. The molecule has 0 radical (unpaired) electrons. The SMILES string of the molecule is O=C(COC(=O)C1CC2CCCC(C1)C2=O)NC1CCS(=O)(=O)C1. The Labute approximate surface area is 141 Å². The number of ether oxygens (including phenoxy) is 1. The monoisotopic (exact) mass is 357 g/mol. The molecule has 3 unspecified atom stereocenters. The van der Waals surface area contributed by atoms with Crippen molar-refractivity contribution in [1.29, 1.82) is 0 Å². The predicted octanol–water partition coefficient (Wildman–Crippen LogP) is 0.228. The topological polar surface area (TPSA) is 107 Å². The highest BCUT2D eigenvalue weighted by Gasteiger charge is 2.42. The van der Waals surface area contributed by atoms with Gasteiger partial charge in [-0.2, -0.15) is 0 Å². The quantitative estimate of drug-likeness (QED) is 0.722. The van der Waals surface area contributed by atoms with Crippen LogP contribution in [-0.4, -0.2) is 50.2 Å². The molecule has 2 saturated carbocycles. The molecule has 1 aliphatic heterocycles. The smallest absolute Gasteiger partial charge is 0.309 e. The Bertz CT molecular complexity index is 627. The molecule has 3 fully saturated rings. The van der Waals surface area contributed by atoms with E-state index in [0.717, 1.165) is 19.3 Å². The number of nitrogens with one attached hydrogen (secondary N) is 1. The molecule has 2 aliphatic carbocycles. The van der Waals surface area contributed by atoms with Crippen molar-refractivity contribution >= 4 is 27.5 Å². The van der Waals surface area contributed by atoms with Crippen LogP contribution in [0.3, 0.4) is 0 Å². The number of rotatable bonds is 4. The number of hydrogen-bond acceptors (Lipinski definition) is 6. The fourth-order valence-electron chi connectivity index (χ4n) is 4.10. The molecule has 3 aliphatic rings. The van der Waals surface area contributed by atoms with Gasteiger partial charge in [0.1, 0.15) is 5.78 Å². The normalized spacial score (nSPS) is 34.6. The van der Waals surface area contributed by atoms with Gasteiger partial charge >= 0.3 is 5.97 Å². The highest BCUT2D eigenvalue weighted by Crippen LogP contribution is 2.40. The summed E-state index contributed by atoms with van der Waals surface area (Å²) in [7, 11) is -3.06. The van der Waals surface area contributed by atoms with Crippen molar-refractivity contribution in [3.63, 3.8) is 0 Å². The van der Waals surface area contributed by atoms with Gasteiger partial charge in [-0.1, -0.05) is 6.42 Å². The summed E-state index contributed by atoms with van der Waals surface area (Å²) in [5.74, 6) is -0.966. The molecule has 7 nitrogen and oxygen atoms in total. The van der Waals surface area contributed by atoms with Crippen molar-refractivity contribution in [2.75, 3.05) is 18.1 Å². The summed E-state index contributed by atoms with van der Waals surface area (Å²) in [5, 5.41) is 2.59. The predicted molar refractivity (Wildman–Crippen MR) is 84.7 cm³/mol. The van der Waals surface area contributed by atoms with Crippen LogP contribution in [-0.2, 0) is 29.0 Å². The first-order valence-electron chi connectivity index (χ1n) is 8.54. The van der Waals surface area contributed by atoms with Crippen LogP contribution in [0.2, 0.25) is 0 Å². The van der Waals surface area contributed by atoms with Crippen LogP contribution in [0.1, 0.15) is 38.5 Å². The summed E-state index contributed by atoms with van der Waals surface area (Å²) in [6.07, 6.45) is 4.17. The zero-order valence-electron chi connectivity index (χ0n) is 13.5. The largest absolute Gasteiger partial charge is 0.455 e. The van der Waals surface area contributed by atoms with E-state index < -0.39 is 34.4 Å². The molecule has 3 atom stereocenters. The van der Waals surface area contributed by atoms with E-state index in [-0.39, 0.29) is 35.0 Å². The third kappa shape index (κ3) is 3.96. The van der Waals surface area contributed by atoms with Gasteiger partial charge in [0.15, 0.2) is 16.4 Å². The van der Waals surface area contributed by atoms with Crippen LogP contribution in [0.25, 0.3) is 0 Å². The number of ketones is 1. The maximum Gasteiger partial charge on any atom is 0.309 e. The minimum absolute atomic E-state index is 0.0347. The second-order valence-electron chi connectivity index (χ2n) is 7.17. The van der Waals surface area contributed by atoms with E-state index in [1.54, 1.807) is 0 Å². The molecule has 1 saturated heterocycles. The first-order valence-corrected chi connectivity index (χ1v) is 10.4. The summed E-state index contributed by atoms with van der Waals surface area (Å²) in [6.45, 7) is -0.394. The zero-order chi connectivity index (χ0) is 17.3. The van der Waals surface area contributed by atoms with Crippen molar-refractivity contribution in [3.05, 3.63) is 0 Å². The molecular weight excluding hydrogens is 334 g/mol. The Morgan fingerprint density at radius 2 is 1.79 bits per heavy atom. The van der Waals surface area contributed by atoms with Crippen molar-refractivity contribution in [2.24, 2.45) is 17.8 Å². The van der Waals surface area contributed by atoms with E-state index in [1.807, 2.05) is 0 Å². The molecule has 0 aromatic heterocycles. The lowest BCUT2D eigenvalue weighted by Crippen LogP contribution is -2.41. The fraction of sp³-hybridized carbons (Fsp3) is 0.812. The average Bonchev–Trinajstić information content (AvgIpc) is 2.83. The number of sulfone groups is 1. The lowest BCUT2D eigenvalue weighted by Gasteiger charge is -2.36. The number of Topliss-reactive ketones (excluding diaryl/α,β-unsaturated/α-hetero) is 1. The van der Waals surface area contributed by atoms with Gasteiger partial charge in [-0.15, -0.1) is 0 Å². The molecule has 1 N–H and O–H groups in total. The Morgan fingerprint density at radius 3 is 2.38 bits per heavy atom. The molecule has 0 aromatic rings. The lowest BCUT2D eigenvalue weighted by molar-refractivity contribution is -0.156. The second kappa shape index (κ2) is 6.82. The van der Waals surface area contributed by atoms with E-state index in [4.69, 9.17) is 4.74 Å².